The summed E-state index contributed by atoms with van der Waals surface area (Å²) in [7, 11) is 0. The van der Waals surface area contributed by atoms with Crippen LogP contribution in [0.3, 0.4) is 0 Å². The van der Waals surface area contributed by atoms with Gasteiger partial charge in [-0.25, -0.2) is 0 Å². The molecule has 1 aliphatic rings. The lowest BCUT2D eigenvalue weighted by molar-refractivity contribution is -0.231. The molecule has 28 heavy (non-hydrogen) atoms. The van der Waals surface area contributed by atoms with E-state index in [1.807, 2.05) is 18.2 Å². The Morgan fingerprint density at radius 3 is 2.36 bits per heavy atom. The van der Waals surface area contributed by atoms with Gasteiger partial charge in [-0.1, -0.05) is 42.5 Å². The van der Waals surface area contributed by atoms with Gasteiger partial charge in [-0.15, -0.1) is 0 Å². The maximum absolute atomic E-state index is 13.0. The van der Waals surface area contributed by atoms with E-state index < -0.39 is 37.1 Å². The van der Waals surface area contributed by atoms with Gasteiger partial charge in [-0.3, -0.25) is 4.79 Å². The standard InChI is InChI=1S/C21H20O7/c22-9-15-17(24)18(25)19(26)21(28-15)13-8-4-7-12-16(23)14(10-27-20(12)13)11-5-2-1-3-6-11/h1-8,10,15,17-19,21-22,24-26H,9H2/t15-,17-,18+,19-,21?/m1/s1. The van der Waals surface area contributed by atoms with Gasteiger partial charge >= 0.3 is 0 Å². The van der Waals surface area contributed by atoms with Crippen molar-refractivity contribution < 1.29 is 29.6 Å². The number of fused-ring (bicyclic) bond motifs is 1. The predicted molar refractivity (Wildman–Crippen MR) is 101 cm³/mol. The summed E-state index contributed by atoms with van der Waals surface area (Å²) in [5.41, 5.74) is 1.46. The lowest BCUT2D eigenvalue weighted by atomic mass is 9.90. The molecule has 7 heteroatoms. The molecule has 1 unspecified atom stereocenters. The first-order valence-corrected chi connectivity index (χ1v) is 8.93. The molecule has 3 aromatic rings. The van der Waals surface area contributed by atoms with Gasteiger partial charge < -0.3 is 29.6 Å². The summed E-state index contributed by atoms with van der Waals surface area (Å²) < 4.78 is 11.4. The highest BCUT2D eigenvalue weighted by atomic mass is 16.5. The number of aliphatic hydroxyl groups excluding tert-OH is 4. The van der Waals surface area contributed by atoms with Crippen LogP contribution in [0.2, 0.25) is 0 Å². The van der Waals surface area contributed by atoms with Crippen molar-refractivity contribution >= 4 is 11.0 Å². The molecule has 0 amide bonds. The van der Waals surface area contributed by atoms with Crippen LogP contribution in [0.4, 0.5) is 0 Å². The third-order valence-corrected chi connectivity index (χ3v) is 5.11. The summed E-state index contributed by atoms with van der Waals surface area (Å²) in [5.74, 6) is 0. The lowest BCUT2D eigenvalue weighted by Crippen LogP contribution is -2.55. The third kappa shape index (κ3) is 3.03. The Morgan fingerprint density at radius 1 is 0.893 bits per heavy atom. The molecule has 4 rings (SSSR count). The van der Waals surface area contributed by atoms with Crippen molar-refractivity contribution in [1.82, 2.24) is 0 Å². The quantitative estimate of drug-likeness (QED) is 0.531. The van der Waals surface area contributed by atoms with Gasteiger partial charge in [-0.05, 0) is 11.6 Å². The van der Waals surface area contributed by atoms with Gasteiger partial charge in [-0.2, -0.15) is 0 Å². The summed E-state index contributed by atoms with van der Waals surface area (Å²) in [5, 5.41) is 40.1. The van der Waals surface area contributed by atoms with E-state index in [0.29, 0.717) is 16.5 Å². The third-order valence-electron chi connectivity index (χ3n) is 5.11. The van der Waals surface area contributed by atoms with Crippen LogP contribution in [-0.4, -0.2) is 51.4 Å². The van der Waals surface area contributed by atoms with Crippen molar-refractivity contribution in [3.63, 3.8) is 0 Å². The van der Waals surface area contributed by atoms with E-state index in [1.165, 1.54) is 6.26 Å². The van der Waals surface area contributed by atoms with Crippen molar-refractivity contribution in [3.05, 3.63) is 70.6 Å². The zero-order valence-corrected chi connectivity index (χ0v) is 14.8. The second-order valence-electron chi connectivity index (χ2n) is 6.82. The zero-order valence-electron chi connectivity index (χ0n) is 14.8. The number of hydrogen-bond donors (Lipinski definition) is 4. The second-order valence-corrected chi connectivity index (χ2v) is 6.82. The average Bonchev–Trinajstić information content (AvgIpc) is 2.73. The van der Waals surface area contributed by atoms with Crippen molar-refractivity contribution in [2.75, 3.05) is 6.61 Å². The Labute approximate surface area is 160 Å². The molecule has 1 aliphatic heterocycles. The predicted octanol–water partition coefficient (Wildman–Crippen LogP) is 0.975. The van der Waals surface area contributed by atoms with E-state index in [9.17, 15) is 25.2 Å². The number of hydrogen-bond acceptors (Lipinski definition) is 7. The Morgan fingerprint density at radius 2 is 1.64 bits per heavy atom. The molecule has 0 aliphatic carbocycles. The molecule has 0 radical (unpaired) electrons. The van der Waals surface area contributed by atoms with Crippen LogP contribution in [0.25, 0.3) is 22.1 Å². The van der Waals surface area contributed by atoms with E-state index >= 15 is 0 Å². The number of ether oxygens (including phenoxy) is 1. The normalized spacial score (nSPS) is 27.8. The first-order valence-electron chi connectivity index (χ1n) is 8.93. The molecule has 7 nitrogen and oxygen atoms in total. The molecule has 0 spiro atoms. The van der Waals surface area contributed by atoms with Crippen molar-refractivity contribution in [2.45, 2.75) is 30.5 Å². The molecule has 1 aromatic heterocycles. The molecule has 2 aromatic carbocycles. The minimum absolute atomic E-state index is 0.219. The van der Waals surface area contributed by atoms with Gasteiger partial charge in [0.05, 0.1) is 17.6 Å². The fraction of sp³-hybridized carbons (Fsp3) is 0.286. The number of rotatable bonds is 3. The number of aliphatic hydroxyl groups is 4. The Balaban J connectivity index is 1.83. The monoisotopic (exact) mass is 384 g/mol. The maximum atomic E-state index is 13.0. The molecule has 1 saturated heterocycles. The van der Waals surface area contributed by atoms with Gasteiger partial charge in [0.2, 0.25) is 5.43 Å². The van der Waals surface area contributed by atoms with E-state index in [2.05, 4.69) is 0 Å². The highest BCUT2D eigenvalue weighted by molar-refractivity contribution is 5.84. The molecule has 0 saturated carbocycles. The smallest absolute Gasteiger partial charge is 0.200 e. The Bertz CT molecular complexity index is 1030. The van der Waals surface area contributed by atoms with Gasteiger partial charge in [0.15, 0.2) is 0 Å². The molecular weight excluding hydrogens is 364 g/mol. The van der Waals surface area contributed by atoms with E-state index in [4.69, 9.17) is 9.15 Å². The summed E-state index contributed by atoms with van der Waals surface area (Å²) in [6.45, 7) is -0.533. The topological polar surface area (TPSA) is 120 Å². The summed E-state index contributed by atoms with van der Waals surface area (Å²) in [6, 6.07) is 14.0. The molecule has 0 bridgehead atoms. The minimum atomic E-state index is -1.51. The largest absolute Gasteiger partial charge is 0.463 e. The van der Waals surface area contributed by atoms with Gasteiger partial charge in [0.1, 0.15) is 42.4 Å². The molecule has 1 fully saturated rings. The fourth-order valence-electron chi connectivity index (χ4n) is 3.58. The molecule has 146 valence electrons. The molecule has 2 heterocycles. The average molecular weight is 384 g/mol. The number of para-hydroxylation sites is 1. The Kier molecular flexibility index (Phi) is 5.01. The lowest BCUT2D eigenvalue weighted by Gasteiger charge is -2.40. The number of benzene rings is 2. The van der Waals surface area contributed by atoms with E-state index in [1.54, 1.807) is 30.3 Å². The van der Waals surface area contributed by atoms with E-state index in [-0.39, 0.29) is 11.0 Å². The van der Waals surface area contributed by atoms with E-state index in [0.717, 1.165) is 5.56 Å². The van der Waals surface area contributed by atoms with Crippen molar-refractivity contribution in [2.24, 2.45) is 0 Å². The van der Waals surface area contributed by atoms with Crippen LogP contribution in [0.15, 0.2) is 64.0 Å². The van der Waals surface area contributed by atoms with Crippen LogP contribution in [0.5, 0.6) is 0 Å². The van der Waals surface area contributed by atoms with Crippen LogP contribution < -0.4 is 5.43 Å². The van der Waals surface area contributed by atoms with Crippen LogP contribution >= 0.6 is 0 Å². The summed E-state index contributed by atoms with van der Waals surface area (Å²) >= 11 is 0. The molecular formula is C21H20O7. The van der Waals surface area contributed by atoms with Crippen molar-refractivity contribution in [3.8, 4) is 11.1 Å². The van der Waals surface area contributed by atoms with Crippen LogP contribution in [0.1, 0.15) is 11.7 Å². The van der Waals surface area contributed by atoms with Crippen LogP contribution in [0, 0.1) is 0 Å². The summed E-state index contributed by atoms with van der Waals surface area (Å²) in [6.07, 6.45) is -5.20. The van der Waals surface area contributed by atoms with Crippen molar-refractivity contribution in [1.29, 1.82) is 0 Å². The SMILES string of the molecule is O=c1c(-c2ccccc2)coc2c(C3O[C@H](CO)[C@@H](O)[C@H](O)[C@H]3O)cccc12. The van der Waals surface area contributed by atoms with Crippen LogP contribution in [-0.2, 0) is 4.74 Å². The van der Waals surface area contributed by atoms with Gasteiger partial charge in [0, 0.05) is 5.56 Å². The highest BCUT2D eigenvalue weighted by Crippen LogP contribution is 2.35. The molecule has 5 atom stereocenters. The first kappa shape index (κ1) is 18.8. The maximum Gasteiger partial charge on any atom is 0.200 e. The van der Waals surface area contributed by atoms with Gasteiger partial charge in [0.25, 0.3) is 0 Å². The second kappa shape index (κ2) is 7.46. The Hall–Kier alpha value is -2.55. The summed E-state index contributed by atoms with van der Waals surface area (Å²) in [4.78, 5) is 13.0. The minimum Gasteiger partial charge on any atom is -0.463 e. The highest BCUT2D eigenvalue weighted by Gasteiger charge is 2.44. The zero-order chi connectivity index (χ0) is 19.8. The molecule has 4 N–H and O–H groups in total. The fourth-order valence-corrected chi connectivity index (χ4v) is 3.58. The first-order chi connectivity index (χ1) is 13.5.